The molecule has 0 aliphatic carbocycles. The first kappa shape index (κ1) is 14.3. The number of rotatable bonds is 4. The van der Waals surface area contributed by atoms with E-state index in [2.05, 4.69) is 21.2 Å². The van der Waals surface area contributed by atoms with E-state index in [0.717, 1.165) is 15.7 Å². The Balaban J connectivity index is 2.85. The average molecular weight is 321 g/mol. The highest BCUT2D eigenvalue weighted by molar-refractivity contribution is 9.10. The number of halogens is 1. The fraction of sp³-hybridized carbons (Fsp3) is 0.455. The molecule has 1 aromatic rings. The second kappa shape index (κ2) is 5.27. The second-order valence-electron chi connectivity index (χ2n) is 4.33. The standard InChI is InChI=1S/C11H17BrN2O2S/c1-7-4-11(9(12)5-10(7)13)14-8(2)6-17(3,15)16/h4-5,8,14H,6,13H2,1-3H3. The van der Waals surface area contributed by atoms with E-state index in [1.54, 1.807) is 0 Å². The topological polar surface area (TPSA) is 72.2 Å². The SMILES string of the molecule is Cc1cc(NC(C)CS(C)(=O)=O)c(Br)cc1N. The summed E-state index contributed by atoms with van der Waals surface area (Å²) in [5.41, 5.74) is 8.29. The van der Waals surface area contributed by atoms with E-state index < -0.39 is 9.84 Å². The highest BCUT2D eigenvalue weighted by atomic mass is 79.9. The minimum absolute atomic E-state index is 0.100. The molecule has 1 rings (SSSR count). The Kier molecular flexibility index (Phi) is 4.43. The van der Waals surface area contributed by atoms with E-state index in [-0.39, 0.29) is 11.8 Å². The Morgan fingerprint density at radius 1 is 1.47 bits per heavy atom. The number of nitrogens with two attached hydrogens (primary N) is 1. The van der Waals surface area contributed by atoms with Crippen molar-refractivity contribution in [2.45, 2.75) is 19.9 Å². The quantitative estimate of drug-likeness (QED) is 0.834. The Hall–Kier alpha value is -0.750. The predicted octanol–water partition coefficient (Wildman–Crippen LogP) is 2.18. The lowest BCUT2D eigenvalue weighted by Crippen LogP contribution is -2.25. The van der Waals surface area contributed by atoms with E-state index in [4.69, 9.17) is 5.73 Å². The molecule has 4 nitrogen and oxygen atoms in total. The Bertz CT molecular complexity index is 514. The molecule has 0 heterocycles. The van der Waals surface area contributed by atoms with Crippen LogP contribution in [-0.4, -0.2) is 26.5 Å². The molecule has 0 saturated heterocycles. The van der Waals surface area contributed by atoms with Gasteiger partial charge in [0.2, 0.25) is 0 Å². The van der Waals surface area contributed by atoms with E-state index >= 15 is 0 Å². The van der Waals surface area contributed by atoms with Gasteiger partial charge in [-0.3, -0.25) is 0 Å². The number of hydrogen-bond acceptors (Lipinski definition) is 4. The molecule has 0 fully saturated rings. The summed E-state index contributed by atoms with van der Waals surface area (Å²) in [6, 6.07) is 3.56. The number of benzene rings is 1. The fourth-order valence-electron chi connectivity index (χ4n) is 1.57. The summed E-state index contributed by atoms with van der Waals surface area (Å²) in [6.07, 6.45) is 1.23. The van der Waals surface area contributed by atoms with Crippen LogP contribution >= 0.6 is 15.9 Å². The van der Waals surface area contributed by atoms with Crippen LogP contribution in [0.1, 0.15) is 12.5 Å². The fourth-order valence-corrected chi connectivity index (χ4v) is 3.04. The van der Waals surface area contributed by atoms with E-state index in [1.807, 2.05) is 26.0 Å². The molecule has 0 aromatic heterocycles. The zero-order valence-electron chi connectivity index (χ0n) is 10.1. The molecule has 0 radical (unpaired) electrons. The van der Waals surface area contributed by atoms with Gasteiger partial charge in [0.15, 0.2) is 0 Å². The van der Waals surface area contributed by atoms with Crippen LogP contribution in [0.3, 0.4) is 0 Å². The van der Waals surface area contributed by atoms with Crippen LogP contribution in [-0.2, 0) is 9.84 Å². The summed E-state index contributed by atoms with van der Waals surface area (Å²) in [7, 11) is -2.98. The summed E-state index contributed by atoms with van der Waals surface area (Å²) in [5, 5.41) is 3.15. The minimum Gasteiger partial charge on any atom is -0.398 e. The summed E-state index contributed by atoms with van der Waals surface area (Å²) < 4.78 is 23.2. The highest BCUT2D eigenvalue weighted by Crippen LogP contribution is 2.28. The molecule has 1 aromatic carbocycles. The van der Waals surface area contributed by atoms with E-state index in [9.17, 15) is 8.42 Å². The van der Waals surface area contributed by atoms with Gasteiger partial charge >= 0.3 is 0 Å². The van der Waals surface area contributed by atoms with Gasteiger partial charge in [0.25, 0.3) is 0 Å². The van der Waals surface area contributed by atoms with Crippen molar-refractivity contribution < 1.29 is 8.42 Å². The minimum atomic E-state index is -2.98. The highest BCUT2D eigenvalue weighted by Gasteiger charge is 2.12. The number of hydrogen-bond donors (Lipinski definition) is 2. The maximum absolute atomic E-state index is 11.2. The molecular weight excluding hydrogens is 304 g/mol. The lowest BCUT2D eigenvalue weighted by Gasteiger charge is -2.16. The molecule has 0 bridgehead atoms. The van der Waals surface area contributed by atoms with Gasteiger partial charge in [-0.2, -0.15) is 0 Å². The molecule has 17 heavy (non-hydrogen) atoms. The molecule has 1 atom stereocenters. The van der Waals surface area contributed by atoms with Gasteiger partial charge in [0.1, 0.15) is 9.84 Å². The van der Waals surface area contributed by atoms with E-state index in [1.165, 1.54) is 6.26 Å². The van der Waals surface area contributed by atoms with Crippen LogP contribution in [0.25, 0.3) is 0 Å². The number of nitrogens with one attached hydrogen (secondary N) is 1. The zero-order chi connectivity index (χ0) is 13.2. The molecule has 0 aliphatic rings. The Morgan fingerprint density at radius 2 is 2.06 bits per heavy atom. The summed E-state index contributed by atoms with van der Waals surface area (Å²) in [6.45, 7) is 3.74. The van der Waals surface area contributed by atoms with Crippen molar-refractivity contribution in [2.75, 3.05) is 23.1 Å². The first-order valence-corrected chi connectivity index (χ1v) is 8.04. The monoisotopic (exact) mass is 320 g/mol. The van der Waals surface area contributed by atoms with Crippen molar-refractivity contribution >= 4 is 37.1 Å². The van der Waals surface area contributed by atoms with Crippen LogP contribution < -0.4 is 11.1 Å². The largest absolute Gasteiger partial charge is 0.398 e. The average Bonchev–Trinajstić information content (AvgIpc) is 2.11. The molecule has 0 aliphatic heterocycles. The Morgan fingerprint density at radius 3 is 2.59 bits per heavy atom. The van der Waals surface area contributed by atoms with Crippen LogP contribution in [0.15, 0.2) is 16.6 Å². The third kappa shape index (κ3) is 4.55. The van der Waals surface area contributed by atoms with Gasteiger partial charge in [-0.1, -0.05) is 0 Å². The van der Waals surface area contributed by atoms with Crippen LogP contribution in [0.2, 0.25) is 0 Å². The van der Waals surface area contributed by atoms with Crippen LogP contribution in [0.5, 0.6) is 0 Å². The molecule has 0 amide bonds. The lowest BCUT2D eigenvalue weighted by molar-refractivity contribution is 0.598. The molecule has 96 valence electrons. The van der Waals surface area contributed by atoms with Crippen molar-refractivity contribution in [1.82, 2.24) is 0 Å². The van der Waals surface area contributed by atoms with Gasteiger partial charge in [0, 0.05) is 28.1 Å². The van der Waals surface area contributed by atoms with Crippen LogP contribution in [0.4, 0.5) is 11.4 Å². The summed E-state index contributed by atoms with van der Waals surface area (Å²) in [4.78, 5) is 0. The predicted molar refractivity (Wildman–Crippen MR) is 76.1 cm³/mol. The number of sulfone groups is 1. The molecular formula is C11H17BrN2O2S. The number of aryl methyl sites for hydroxylation is 1. The van der Waals surface area contributed by atoms with Crippen molar-refractivity contribution in [3.8, 4) is 0 Å². The van der Waals surface area contributed by atoms with Crippen molar-refractivity contribution in [2.24, 2.45) is 0 Å². The van der Waals surface area contributed by atoms with Gasteiger partial charge < -0.3 is 11.1 Å². The van der Waals surface area contributed by atoms with Gasteiger partial charge in [0.05, 0.1) is 5.75 Å². The summed E-state index contributed by atoms with van der Waals surface area (Å²) >= 11 is 3.40. The summed E-state index contributed by atoms with van der Waals surface area (Å²) in [5.74, 6) is 0.100. The third-order valence-electron chi connectivity index (χ3n) is 2.31. The Labute approximate surface area is 111 Å². The first-order valence-electron chi connectivity index (χ1n) is 5.19. The molecule has 1 unspecified atom stereocenters. The van der Waals surface area contributed by atoms with E-state index in [0.29, 0.717) is 5.69 Å². The maximum atomic E-state index is 11.2. The van der Waals surface area contributed by atoms with Crippen molar-refractivity contribution in [1.29, 1.82) is 0 Å². The van der Waals surface area contributed by atoms with Gasteiger partial charge in [-0.05, 0) is 47.5 Å². The normalized spacial score (nSPS) is 13.4. The van der Waals surface area contributed by atoms with Crippen molar-refractivity contribution in [3.63, 3.8) is 0 Å². The first-order chi connectivity index (χ1) is 7.69. The number of anilines is 2. The maximum Gasteiger partial charge on any atom is 0.149 e. The third-order valence-corrected chi connectivity index (χ3v) is 4.07. The smallest absolute Gasteiger partial charge is 0.149 e. The molecule has 6 heteroatoms. The zero-order valence-corrected chi connectivity index (χ0v) is 12.5. The van der Waals surface area contributed by atoms with Crippen molar-refractivity contribution in [3.05, 3.63) is 22.2 Å². The lowest BCUT2D eigenvalue weighted by atomic mass is 10.2. The molecule has 0 spiro atoms. The second-order valence-corrected chi connectivity index (χ2v) is 7.37. The van der Waals surface area contributed by atoms with Gasteiger partial charge in [-0.15, -0.1) is 0 Å². The van der Waals surface area contributed by atoms with Gasteiger partial charge in [-0.25, -0.2) is 8.42 Å². The molecule has 0 saturated carbocycles. The van der Waals surface area contributed by atoms with Crippen LogP contribution in [0, 0.1) is 6.92 Å². The number of nitrogen functional groups attached to an aromatic ring is 1. The molecule has 3 N–H and O–H groups in total.